The topological polar surface area (TPSA) is 98.1 Å². The molecule has 6 heteroatoms. The third kappa shape index (κ3) is 1.74. The smallest absolute Gasteiger partial charge is 0.269 e. The van der Waals surface area contributed by atoms with Gasteiger partial charge in [-0.15, -0.1) is 10.2 Å². The van der Waals surface area contributed by atoms with Gasteiger partial charge < -0.3 is 16.4 Å². The standard InChI is InChI=1S/C11H15N5O/c12-10(17)8-3-4-9(15-14-8)16-5-11(13,6-16)7-1-2-7/h3-4,7H,1-2,5-6,13H2,(H2,12,17). The molecule has 6 nitrogen and oxygen atoms in total. The molecule has 0 unspecified atom stereocenters. The monoisotopic (exact) mass is 233 g/mol. The number of carbonyl (C=O) groups excluding carboxylic acids is 1. The lowest BCUT2D eigenvalue weighted by molar-refractivity contribution is 0.0994. The van der Waals surface area contributed by atoms with Crippen LogP contribution >= 0.6 is 0 Å². The molecule has 1 saturated carbocycles. The lowest BCUT2D eigenvalue weighted by Crippen LogP contribution is -2.69. The molecule has 17 heavy (non-hydrogen) atoms. The predicted molar refractivity (Wildman–Crippen MR) is 62.4 cm³/mol. The SMILES string of the molecule is NC(=O)c1ccc(N2CC(N)(C3CC3)C2)nn1. The Labute approximate surface area is 99.0 Å². The molecule has 1 aliphatic heterocycles. The van der Waals surface area contributed by atoms with Gasteiger partial charge in [-0.1, -0.05) is 0 Å². The molecule has 1 aromatic heterocycles. The van der Waals surface area contributed by atoms with Gasteiger partial charge in [0.25, 0.3) is 5.91 Å². The third-order valence-electron chi connectivity index (χ3n) is 3.59. The summed E-state index contributed by atoms with van der Waals surface area (Å²) in [6.45, 7) is 1.64. The summed E-state index contributed by atoms with van der Waals surface area (Å²) in [6, 6.07) is 3.36. The summed E-state index contributed by atoms with van der Waals surface area (Å²) >= 11 is 0. The van der Waals surface area contributed by atoms with Gasteiger partial charge in [-0.2, -0.15) is 0 Å². The molecule has 3 rings (SSSR count). The van der Waals surface area contributed by atoms with Crippen molar-refractivity contribution in [2.24, 2.45) is 17.4 Å². The van der Waals surface area contributed by atoms with Gasteiger partial charge in [0.2, 0.25) is 0 Å². The normalized spacial score (nSPS) is 22.1. The van der Waals surface area contributed by atoms with E-state index in [0.717, 1.165) is 18.9 Å². The number of aromatic nitrogens is 2. The minimum absolute atomic E-state index is 0.0377. The van der Waals surface area contributed by atoms with Crippen LogP contribution in [0.3, 0.4) is 0 Å². The fourth-order valence-corrected chi connectivity index (χ4v) is 2.37. The molecular weight excluding hydrogens is 218 g/mol. The van der Waals surface area contributed by atoms with Gasteiger partial charge in [-0.25, -0.2) is 0 Å². The zero-order valence-electron chi connectivity index (χ0n) is 9.47. The molecule has 90 valence electrons. The Balaban J connectivity index is 1.68. The molecule has 1 aromatic rings. The average Bonchev–Trinajstić information content (AvgIpc) is 3.09. The van der Waals surface area contributed by atoms with E-state index in [1.54, 1.807) is 12.1 Å². The zero-order chi connectivity index (χ0) is 12.0. The second-order valence-electron chi connectivity index (χ2n) is 5.00. The van der Waals surface area contributed by atoms with Crippen molar-refractivity contribution >= 4 is 11.7 Å². The van der Waals surface area contributed by atoms with Gasteiger partial charge in [0.05, 0.1) is 5.54 Å². The fraction of sp³-hybridized carbons (Fsp3) is 0.545. The van der Waals surface area contributed by atoms with E-state index in [0.29, 0.717) is 5.92 Å². The maximum atomic E-state index is 10.9. The number of anilines is 1. The first-order chi connectivity index (χ1) is 8.08. The number of hydrogen-bond acceptors (Lipinski definition) is 5. The van der Waals surface area contributed by atoms with E-state index in [1.165, 1.54) is 12.8 Å². The van der Waals surface area contributed by atoms with E-state index < -0.39 is 5.91 Å². The van der Waals surface area contributed by atoms with Crippen LogP contribution in [0, 0.1) is 5.92 Å². The molecule has 2 aliphatic rings. The third-order valence-corrected chi connectivity index (χ3v) is 3.59. The number of nitrogens with zero attached hydrogens (tertiary/aromatic N) is 3. The largest absolute Gasteiger partial charge is 0.364 e. The van der Waals surface area contributed by atoms with Crippen LogP contribution in [0.2, 0.25) is 0 Å². The van der Waals surface area contributed by atoms with Crippen molar-refractivity contribution in [3.63, 3.8) is 0 Å². The molecule has 4 N–H and O–H groups in total. The lowest BCUT2D eigenvalue weighted by atomic mass is 9.86. The van der Waals surface area contributed by atoms with Crippen molar-refractivity contribution in [2.75, 3.05) is 18.0 Å². The zero-order valence-corrected chi connectivity index (χ0v) is 9.47. The molecule has 2 fully saturated rings. The summed E-state index contributed by atoms with van der Waals surface area (Å²) in [5.41, 5.74) is 11.5. The quantitative estimate of drug-likeness (QED) is 0.733. The van der Waals surface area contributed by atoms with Crippen LogP contribution in [0.4, 0.5) is 5.82 Å². The summed E-state index contributed by atoms with van der Waals surface area (Å²) in [5.74, 6) is 0.882. The fourth-order valence-electron chi connectivity index (χ4n) is 2.37. The van der Waals surface area contributed by atoms with Crippen LogP contribution in [0.5, 0.6) is 0 Å². The van der Waals surface area contributed by atoms with Gasteiger partial charge in [0, 0.05) is 13.1 Å². The van der Waals surface area contributed by atoms with Crippen LogP contribution in [0.1, 0.15) is 23.3 Å². The van der Waals surface area contributed by atoms with Gasteiger partial charge in [0.15, 0.2) is 11.5 Å². The Morgan fingerprint density at radius 3 is 2.53 bits per heavy atom. The Morgan fingerprint density at radius 2 is 2.06 bits per heavy atom. The Hall–Kier alpha value is -1.69. The predicted octanol–water partition coefficient (Wildman–Crippen LogP) is -0.497. The number of carbonyl (C=O) groups is 1. The number of nitrogens with two attached hydrogens (primary N) is 2. The lowest BCUT2D eigenvalue weighted by Gasteiger charge is -2.48. The number of rotatable bonds is 3. The summed E-state index contributed by atoms with van der Waals surface area (Å²) in [5, 5.41) is 7.77. The highest BCUT2D eigenvalue weighted by Crippen LogP contribution is 2.43. The molecule has 1 saturated heterocycles. The van der Waals surface area contributed by atoms with Crippen LogP contribution in [0.15, 0.2) is 12.1 Å². The molecule has 1 aliphatic carbocycles. The molecule has 0 aromatic carbocycles. The molecule has 0 radical (unpaired) electrons. The first kappa shape index (κ1) is 10.5. The van der Waals surface area contributed by atoms with Crippen LogP contribution in [-0.4, -0.2) is 34.7 Å². The van der Waals surface area contributed by atoms with E-state index >= 15 is 0 Å². The first-order valence-corrected chi connectivity index (χ1v) is 5.76. The van der Waals surface area contributed by atoms with Gasteiger partial charge in [-0.3, -0.25) is 4.79 Å². The van der Waals surface area contributed by atoms with Crippen LogP contribution in [0.25, 0.3) is 0 Å². The first-order valence-electron chi connectivity index (χ1n) is 5.76. The summed E-state index contributed by atoms with van der Waals surface area (Å²) < 4.78 is 0. The number of amides is 1. The maximum Gasteiger partial charge on any atom is 0.269 e. The highest BCUT2D eigenvalue weighted by Gasteiger charge is 2.50. The van der Waals surface area contributed by atoms with Gasteiger partial charge in [-0.05, 0) is 30.9 Å². The highest BCUT2D eigenvalue weighted by atomic mass is 16.1. The Kier molecular flexibility index (Phi) is 2.09. The minimum atomic E-state index is -0.557. The van der Waals surface area contributed by atoms with Crippen molar-refractivity contribution < 1.29 is 4.79 Å². The molecular formula is C11H15N5O. The number of primary amides is 1. The van der Waals surface area contributed by atoms with E-state index in [9.17, 15) is 4.79 Å². The van der Waals surface area contributed by atoms with Crippen molar-refractivity contribution in [1.82, 2.24) is 10.2 Å². The second kappa shape index (κ2) is 3.40. The molecule has 0 bridgehead atoms. The Bertz CT molecular complexity index is 447. The van der Waals surface area contributed by atoms with Crippen molar-refractivity contribution in [1.29, 1.82) is 0 Å². The number of hydrogen-bond donors (Lipinski definition) is 2. The van der Waals surface area contributed by atoms with Gasteiger partial charge >= 0.3 is 0 Å². The minimum Gasteiger partial charge on any atom is -0.364 e. The molecule has 0 spiro atoms. The summed E-state index contributed by atoms with van der Waals surface area (Å²) in [4.78, 5) is 12.9. The van der Waals surface area contributed by atoms with Crippen LogP contribution < -0.4 is 16.4 Å². The highest BCUT2D eigenvalue weighted by molar-refractivity contribution is 5.90. The average molecular weight is 233 g/mol. The van der Waals surface area contributed by atoms with Gasteiger partial charge in [0.1, 0.15) is 0 Å². The van der Waals surface area contributed by atoms with E-state index in [4.69, 9.17) is 11.5 Å². The summed E-state index contributed by atoms with van der Waals surface area (Å²) in [6.07, 6.45) is 2.49. The van der Waals surface area contributed by atoms with Crippen molar-refractivity contribution in [2.45, 2.75) is 18.4 Å². The maximum absolute atomic E-state index is 10.9. The van der Waals surface area contributed by atoms with E-state index in [1.807, 2.05) is 0 Å². The van der Waals surface area contributed by atoms with E-state index in [2.05, 4.69) is 15.1 Å². The van der Waals surface area contributed by atoms with Crippen molar-refractivity contribution in [3.8, 4) is 0 Å². The summed E-state index contributed by atoms with van der Waals surface area (Å²) in [7, 11) is 0. The second-order valence-corrected chi connectivity index (χ2v) is 5.00. The molecule has 1 amide bonds. The molecule has 2 heterocycles. The van der Waals surface area contributed by atoms with Crippen LogP contribution in [-0.2, 0) is 0 Å². The Morgan fingerprint density at radius 1 is 1.35 bits per heavy atom. The molecule has 0 atom stereocenters. The van der Waals surface area contributed by atoms with E-state index in [-0.39, 0.29) is 11.2 Å². The van der Waals surface area contributed by atoms with Crippen molar-refractivity contribution in [3.05, 3.63) is 17.8 Å².